The number of nitrogens with two attached hydrogens (primary N) is 1. The fourth-order valence-electron chi connectivity index (χ4n) is 2.32. The second-order valence-electron chi connectivity index (χ2n) is 4.51. The van der Waals surface area contributed by atoms with E-state index in [-0.39, 0.29) is 6.10 Å². The Labute approximate surface area is 99.8 Å². The molecule has 2 N–H and O–H groups in total. The van der Waals surface area contributed by atoms with Gasteiger partial charge in [0.05, 0.1) is 0 Å². The molecule has 2 unspecified atom stereocenters. The van der Waals surface area contributed by atoms with E-state index >= 15 is 0 Å². The largest absolute Gasteiger partial charge is 0.490 e. The van der Waals surface area contributed by atoms with Gasteiger partial charge in [0, 0.05) is 12.0 Å². The van der Waals surface area contributed by atoms with Crippen LogP contribution in [0.3, 0.4) is 0 Å². The highest BCUT2D eigenvalue weighted by Crippen LogP contribution is 2.28. The minimum absolute atomic E-state index is 0.0265. The maximum atomic E-state index is 13.0. The monoisotopic (exact) mass is 241 g/mol. The maximum Gasteiger partial charge on any atom is 0.162 e. The van der Waals surface area contributed by atoms with Crippen molar-refractivity contribution in [3.05, 3.63) is 29.8 Å². The first-order valence-electron chi connectivity index (χ1n) is 6.02. The van der Waals surface area contributed by atoms with E-state index in [2.05, 4.69) is 0 Å². The van der Waals surface area contributed by atoms with Crippen molar-refractivity contribution in [2.75, 3.05) is 6.54 Å². The van der Waals surface area contributed by atoms with Crippen LogP contribution in [0.2, 0.25) is 0 Å². The summed E-state index contributed by atoms with van der Waals surface area (Å²) in [6, 6.07) is 3.64. The minimum atomic E-state index is -0.873. The zero-order valence-electron chi connectivity index (χ0n) is 9.66. The average molecular weight is 241 g/mol. The molecule has 0 radical (unpaired) electrons. The van der Waals surface area contributed by atoms with Crippen LogP contribution in [0.15, 0.2) is 18.2 Å². The Morgan fingerprint density at radius 1 is 1.18 bits per heavy atom. The summed E-state index contributed by atoms with van der Waals surface area (Å²) < 4.78 is 31.5. The van der Waals surface area contributed by atoms with Gasteiger partial charge in [-0.05, 0) is 37.9 Å². The van der Waals surface area contributed by atoms with Gasteiger partial charge in [0.1, 0.15) is 11.9 Å². The Hall–Kier alpha value is -1.16. The zero-order chi connectivity index (χ0) is 12.3. The number of rotatable bonds is 3. The van der Waals surface area contributed by atoms with Crippen molar-refractivity contribution in [3.63, 3.8) is 0 Å². The normalized spacial score (nSPS) is 24.6. The molecule has 1 saturated carbocycles. The van der Waals surface area contributed by atoms with E-state index in [9.17, 15) is 8.78 Å². The van der Waals surface area contributed by atoms with E-state index in [1.165, 1.54) is 12.5 Å². The van der Waals surface area contributed by atoms with Crippen LogP contribution >= 0.6 is 0 Å². The summed E-state index contributed by atoms with van der Waals surface area (Å²) in [5.41, 5.74) is 5.69. The molecule has 0 amide bonds. The predicted octanol–water partition coefficient (Wildman–Crippen LogP) is 2.86. The highest BCUT2D eigenvalue weighted by atomic mass is 19.2. The number of benzene rings is 1. The SMILES string of the molecule is NCC1CCCCC1Oc1ccc(F)c(F)c1. The van der Waals surface area contributed by atoms with Gasteiger partial charge >= 0.3 is 0 Å². The molecule has 4 heteroatoms. The zero-order valence-corrected chi connectivity index (χ0v) is 9.66. The standard InChI is InChI=1S/C13H17F2NO/c14-11-6-5-10(7-12(11)15)17-13-4-2-1-3-9(13)8-16/h5-7,9,13H,1-4,8,16H2. The van der Waals surface area contributed by atoms with Crippen LogP contribution in [0.5, 0.6) is 5.75 Å². The Bertz CT molecular complexity index is 384. The smallest absolute Gasteiger partial charge is 0.162 e. The third-order valence-corrected chi connectivity index (χ3v) is 3.32. The molecular formula is C13H17F2NO. The fourth-order valence-corrected chi connectivity index (χ4v) is 2.32. The van der Waals surface area contributed by atoms with E-state index in [0.717, 1.165) is 31.4 Å². The van der Waals surface area contributed by atoms with E-state index in [1.54, 1.807) is 0 Å². The van der Waals surface area contributed by atoms with Crippen molar-refractivity contribution >= 4 is 0 Å². The molecular weight excluding hydrogens is 224 g/mol. The molecule has 1 fully saturated rings. The maximum absolute atomic E-state index is 13.0. The van der Waals surface area contributed by atoms with Crippen LogP contribution < -0.4 is 10.5 Å². The number of halogens is 2. The van der Waals surface area contributed by atoms with Gasteiger partial charge in [-0.1, -0.05) is 6.42 Å². The second kappa shape index (κ2) is 5.45. The molecule has 17 heavy (non-hydrogen) atoms. The van der Waals surface area contributed by atoms with Crippen molar-refractivity contribution in [1.82, 2.24) is 0 Å². The summed E-state index contributed by atoms with van der Waals surface area (Å²) in [7, 11) is 0. The van der Waals surface area contributed by atoms with Gasteiger partial charge < -0.3 is 10.5 Å². The van der Waals surface area contributed by atoms with Crippen LogP contribution in [0.25, 0.3) is 0 Å². The van der Waals surface area contributed by atoms with Crippen LogP contribution in [0.1, 0.15) is 25.7 Å². The molecule has 0 heterocycles. The summed E-state index contributed by atoms with van der Waals surface area (Å²) in [4.78, 5) is 0. The number of ether oxygens (including phenoxy) is 1. The molecule has 0 spiro atoms. The van der Waals surface area contributed by atoms with Crippen LogP contribution in [0, 0.1) is 17.6 Å². The van der Waals surface area contributed by atoms with Gasteiger partial charge in [0.2, 0.25) is 0 Å². The molecule has 94 valence electrons. The lowest BCUT2D eigenvalue weighted by Crippen LogP contribution is -2.35. The molecule has 0 bridgehead atoms. The van der Waals surface area contributed by atoms with Crippen molar-refractivity contribution in [2.24, 2.45) is 11.7 Å². The van der Waals surface area contributed by atoms with Crippen LogP contribution in [-0.2, 0) is 0 Å². The molecule has 1 aromatic carbocycles. The van der Waals surface area contributed by atoms with Crippen LogP contribution in [0.4, 0.5) is 8.78 Å². The quantitative estimate of drug-likeness (QED) is 0.883. The first-order chi connectivity index (χ1) is 8.20. The van der Waals surface area contributed by atoms with Crippen molar-refractivity contribution in [3.8, 4) is 5.75 Å². The molecule has 1 aromatic rings. The molecule has 0 aromatic heterocycles. The molecule has 2 atom stereocenters. The lowest BCUT2D eigenvalue weighted by atomic mass is 9.86. The van der Waals surface area contributed by atoms with Gasteiger partial charge in [-0.15, -0.1) is 0 Å². The molecule has 2 rings (SSSR count). The van der Waals surface area contributed by atoms with Gasteiger partial charge in [-0.2, -0.15) is 0 Å². The summed E-state index contributed by atoms with van der Waals surface area (Å²) >= 11 is 0. The Morgan fingerprint density at radius 3 is 2.65 bits per heavy atom. The predicted molar refractivity (Wildman–Crippen MR) is 61.8 cm³/mol. The molecule has 2 nitrogen and oxygen atoms in total. The summed E-state index contributed by atoms with van der Waals surface area (Å²) in [5.74, 6) is -1.02. The Balaban J connectivity index is 2.05. The van der Waals surface area contributed by atoms with E-state index in [0.29, 0.717) is 18.2 Å². The third kappa shape index (κ3) is 2.94. The minimum Gasteiger partial charge on any atom is -0.490 e. The number of hydrogen-bond acceptors (Lipinski definition) is 2. The van der Waals surface area contributed by atoms with Crippen molar-refractivity contribution in [2.45, 2.75) is 31.8 Å². The summed E-state index contributed by atoms with van der Waals surface area (Å²) in [6.45, 7) is 0.578. The Kier molecular flexibility index (Phi) is 3.94. The topological polar surface area (TPSA) is 35.2 Å². The average Bonchev–Trinajstić information content (AvgIpc) is 2.34. The second-order valence-corrected chi connectivity index (χ2v) is 4.51. The van der Waals surface area contributed by atoms with Gasteiger partial charge in [0.25, 0.3) is 0 Å². The third-order valence-electron chi connectivity index (χ3n) is 3.32. The highest BCUT2D eigenvalue weighted by Gasteiger charge is 2.25. The van der Waals surface area contributed by atoms with Crippen LogP contribution in [-0.4, -0.2) is 12.6 Å². The number of hydrogen-bond donors (Lipinski definition) is 1. The van der Waals surface area contributed by atoms with Gasteiger partial charge in [0.15, 0.2) is 11.6 Å². The molecule has 1 aliphatic rings. The first-order valence-corrected chi connectivity index (χ1v) is 6.02. The molecule has 0 saturated heterocycles. The van der Waals surface area contributed by atoms with Crippen molar-refractivity contribution in [1.29, 1.82) is 0 Å². The fraction of sp³-hybridized carbons (Fsp3) is 0.538. The summed E-state index contributed by atoms with van der Waals surface area (Å²) in [6.07, 6.45) is 4.27. The first kappa shape index (κ1) is 12.3. The summed E-state index contributed by atoms with van der Waals surface area (Å²) in [5, 5.41) is 0. The molecule has 0 aliphatic heterocycles. The lowest BCUT2D eigenvalue weighted by Gasteiger charge is -2.31. The van der Waals surface area contributed by atoms with E-state index in [4.69, 9.17) is 10.5 Å². The van der Waals surface area contributed by atoms with E-state index < -0.39 is 11.6 Å². The van der Waals surface area contributed by atoms with E-state index in [1.807, 2.05) is 0 Å². The van der Waals surface area contributed by atoms with Gasteiger partial charge in [-0.25, -0.2) is 8.78 Å². The highest BCUT2D eigenvalue weighted by molar-refractivity contribution is 5.24. The lowest BCUT2D eigenvalue weighted by molar-refractivity contribution is 0.0965. The van der Waals surface area contributed by atoms with Gasteiger partial charge in [-0.3, -0.25) is 0 Å². The molecule has 1 aliphatic carbocycles. The van der Waals surface area contributed by atoms with Crippen molar-refractivity contribution < 1.29 is 13.5 Å². The Morgan fingerprint density at radius 2 is 1.94 bits per heavy atom.